The predicted octanol–water partition coefficient (Wildman–Crippen LogP) is 4.07. The Balaban J connectivity index is 1.54. The Labute approximate surface area is 168 Å². The second kappa shape index (κ2) is 9.09. The second-order valence-corrected chi connectivity index (χ2v) is 7.91. The summed E-state index contributed by atoms with van der Waals surface area (Å²) in [5.41, 5.74) is 2.27. The van der Waals surface area contributed by atoms with Crippen molar-refractivity contribution in [1.29, 1.82) is 0 Å². The fourth-order valence-electron chi connectivity index (χ4n) is 3.58. The van der Waals surface area contributed by atoms with E-state index < -0.39 is 6.10 Å². The van der Waals surface area contributed by atoms with E-state index in [1.54, 1.807) is 0 Å². The van der Waals surface area contributed by atoms with E-state index in [1.807, 2.05) is 44.3 Å². The first kappa shape index (κ1) is 20.2. The zero-order valence-corrected chi connectivity index (χ0v) is 17.3. The smallest absolute Gasteiger partial charge is 0.260 e. The number of nitrogens with zero attached hydrogens (tertiary/aromatic N) is 2. The number of pyridine rings is 1. The molecule has 0 radical (unpaired) electrons. The fraction of sp³-hybridized carbons (Fsp3) is 0.478. The molecule has 5 heteroatoms. The molecule has 1 atom stereocenters. The molecule has 0 aliphatic carbocycles. The van der Waals surface area contributed by atoms with Gasteiger partial charge in [-0.2, -0.15) is 0 Å². The van der Waals surface area contributed by atoms with Crippen molar-refractivity contribution in [1.82, 2.24) is 10.3 Å². The lowest BCUT2D eigenvalue weighted by Gasteiger charge is -2.33. The van der Waals surface area contributed by atoms with Gasteiger partial charge in [-0.3, -0.25) is 4.79 Å². The number of hydrogen-bond donors (Lipinski definition) is 1. The van der Waals surface area contributed by atoms with Crippen molar-refractivity contribution in [3.05, 3.63) is 53.7 Å². The molecule has 1 fully saturated rings. The molecule has 3 rings (SSSR count). The average molecular weight is 382 g/mol. The topological polar surface area (TPSA) is 54.5 Å². The Kier molecular flexibility index (Phi) is 6.55. The summed E-state index contributed by atoms with van der Waals surface area (Å²) < 4.78 is 6.05. The highest BCUT2D eigenvalue weighted by Gasteiger charge is 2.24. The van der Waals surface area contributed by atoms with Gasteiger partial charge in [-0.1, -0.05) is 32.0 Å². The Bertz CT molecular complexity index is 784. The van der Waals surface area contributed by atoms with Crippen molar-refractivity contribution in [2.75, 3.05) is 18.0 Å². The van der Waals surface area contributed by atoms with E-state index in [0.29, 0.717) is 5.92 Å². The molecule has 0 bridgehead atoms. The Morgan fingerprint density at radius 3 is 2.57 bits per heavy atom. The highest BCUT2D eigenvalue weighted by molar-refractivity contribution is 5.81. The van der Waals surface area contributed by atoms with Gasteiger partial charge in [0.05, 0.1) is 0 Å². The standard InChI is InChI=1S/C23H31N3O2/c1-16(2)20-9-8-17(3)15-21(20)28-18(4)23(27)25-19-10-13-26(14-11-19)22-7-5-6-12-24-22/h5-9,12,15-16,18-19H,10-11,13-14H2,1-4H3,(H,25,27). The number of carbonyl (C=O) groups is 1. The van der Waals surface area contributed by atoms with Gasteiger partial charge < -0.3 is 15.0 Å². The number of rotatable bonds is 6. The molecule has 2 aromatic rings. The van der Waals surface area contributed by atoms with Crippen LogP contribution in [0.2, 0.25) is 0 Å². The third-order valence-corrected chi connectivity index (χ3v) is 5.28. The van der Waals surface area contributed by atoms with E-state index in [1.165, 1.54) is 0 Å². The van der Waals surface area contributed by atoms with Crippen LogP contribution in [0.5, 0.6) is 5.75 Å². The van der Waals surface area contributed by atoms with Gasteiger partial charge in [-0.25, -0.2) is 4.98 Å². The lowest BCUT2D eigenvalue weighted by Crippen LogP contribution is -2.48. The number of hydrogen-bond acceptors (Lipinski definition) is 4. The Morgan fingerprint density at radius 2 is 1.93 bits per heavy atom. The van der Waals surface area contributed by atoms with Gasteiger partial charge in [0.1, 0.15) is 11.6 Å². The molecule has 1 aliphatic heterocycles. The van der Waals surface area contributed by atoms with Crippen LogP contribution in [0.3, 0.4) is 0 Å². The maximum atomic E-state index is 12.7. The molecule has 28 heavy (non-hydrogen) atoms. The minimum absolute atomic E-state index is 0.0486. The first-order chi connectivity index (χ1) is 13.4. The second-order valence-electron chi connectivity index (χ2n) is 7.91. The van der Waals surface area contributed by atoms with Crippen LogP contribution in [-0.4, -0.2) is 36.1 Å². The van der Waals surface area contributed by atoms with E-state index in [-0.39, 0.29) is 11.9 Å². The van der Waals surface area contributed by atoms with E-state index in [0.717, 1.165) is 48.6 Å². The Morgan fingerprint density at radius 1 is 1.18 bits per heavy atom. The average Bonchev–Trinajstić information content (AvgIpc) is 2.69. The van der Waals surface area contributed by atoms with E-state index in [9.17, 15) is 4.79 Å². The van der Waals surface area contributed by atoms with Crippen LogP contribution in [0.15, 0.2) is 42.6 Å². The largest absolute Gasteiger partial charge is 0.481 e. The minimum atomic E-state index is -0.520. The molecular weight excluding hydrogens is 350 g/mol. The van der Waals surface area contributed by atoms with Crippen LogP contribution in [-0.2, 0) is 4.79 Å². The molecule has 1 aromatic carbocycles. The Hall–Kier alpha value is -2.56. The number of amides is 1. The lowest BCUT2D eigenvalue weighted by molar-refractivity contribution is -0.128. The van der Waals surface area contributed by atoms with Crippen LogP contribution in [0, 0.1) is 6.92 Å². The summed E-state index contributed by atoms with van der Waals surface area (Å²) in [6.45, 7) is 9.93. The zero-order valence-electron chi connectivity index (χ0n) is 17.3. The van der Waals surface area contributed by atoms with Crippen molar-refractivity contribution < 1.29 is 9.53 Å². The van der Waals surface area contributed by atoms with E-state index in [2.05, 4.69) is 41.2 Å². The molecule has 1 amide bonds. The molecule has 1 aromatic heterocycles. The maximum absolute atomic E-state index is 12.7. The van der Waals surface area contributed by atoms with Crippen LogP contribution < -0.4 is 15.0 Å². The van der Waals surface area contributed by atoms with Crippen molar-refractivity contribution in [2.24, 2.45) is 0 Å². The van der Waals surface area contributed by atoms with Crippen LogP contribution in [0.4, 0.5) is 5.82 Å². The van der Waals surface area contributed by atoms with Gasteiger partial charge in [0.25, 0.3) is 5.91 Å². The third kappa shape index (κ3) is 5.03. The SMILES string of the molecule is Cc1ccc(C(C)C)c(OC(C)C(=O)NC2CCN(c3ccccn3)CC2)c1. The van der Waals surface area contributed by atoms with Gasteiger partial charge in [0.15, 0.2) is 6.10 Å². The van der Waals surface area contributed by atoms with Crippen molar-refractivity contribution in [2.45, 2.75) is 58.6 Å². The third-order valence-electron chi connectivity index (χ3n) is 5.28. The van der Waals surface area contributed by atoms with E-state index >= 15 is 0 Å². The number of anilines is 1. The first-order valence-corrected chi connectivity index (χ1v) is 10.2. The number of benzene rings is 1. The lowest BCUT2D eigenvalue weighted by atomic mass is 10.0. The zero-order chi connectivity index (χ0) is 20.1. The summed E-state index contributed by atoms with van der Waals surface area (Å²) >= 11 is 0. The first-order valence-electron chi connectivity index (χ1n) is 10.2. The van der Waals surface area contributed by atoms with Crippen LogP contribution in [0.1, 0.15) is 50.7 Å². The highest BCUT2D eigenvalue weighted by Crippen LogP contribution is 2.28. The fourth-order valence-corrected chi connectivity index (χ4v) is 3.58. The number of ether oxygens (including phenoxy) is 1. The molecule has 0 spiro atoms. The molecule has 1 N–H and O–H groups in total. The van der Waals surface area contributed by atoms with Gasteiger partial charge in [-0.15, -0.1) is 0 Å². The molecule has 5 nitrogen and oxygen atoms in total. The van der Waals surface area contributed by atoms with Gasteiger partial charge >= 0.3 is 0 Å². The summed E-state index contributed by atoms with van der Waals surface area (Å²) in [6.07, 6.45) is 3.12. The molecule has 150 valence electrons. The molecule has 1 aliphatic rings. The minimum Gasteiger partial charge on any atom is -0.481 e. The van der Waals surface area contributed by atoms with E-state index in [4.69, 9.17) is 4.74 Å². The summed E-state index contributed by atoms with van der Waals surface area (Å²) in [5, 5.41) is 3.16. The molecule has 0 saturated carbocycles. The molecule has 1 saturated heterocycles. The normalized spacial score (nSPS) is 16.1. The number of carbonyl (C=O) groups excluding carboxylic acids is 1. The number of aromatic nitrogens is 1. The monoisotopic (exact) mass is 381 g/mol. The summed E-state index contributed by atoms with van der Waals surface area (Å²) in [4.78, 5) is 19.4. The van der Waals surface area contributed by atoms with Crippen molar-refractivity contribution in [3.8, 4) is 5.75 Å². The van der Waals surface area contributed by atoms with Crippen LogP contribution >= 0.6 is 0 Å². The quantitative estimate of drug-likeness (QED) is 0.820. The molecule has 1 unspecified atom stereocenters. The summed E-state index contributed by atoms with van der Waals surface area (Å²) in [7, 11) is 0. The highest BCUT2D eigenvalue weighted by atomic mass is 16.5. The predicted molar refractivity (Wildman–Crippen MR) is 113 cm³/mol. The molecular formula is C23H31N3O2. The number of aryl methyl sites for hydroxylation is 1. The number of nitrogens with one attached hydrogen (secondary N) is 1. The van der Waals surface area contributed by atoms with Crippen molar-refractivity contribution >= 4 is 11.7 Å². The summed E-state index contributed by atoms with van der Waals surface area (Å²) in [6, 6.07) is 12.3. The van der Waals surface area contributed by atoms with Crippen LogP contribution in [0.25, 0.3) is 0 Å². The summed E-state index contributed by atoms with van der Waals surface area (Å²) in [5.74, 6) is 2.11. The van der Waals surface area contributed by atoms with Gasteiger partial charge in [-0.05, 0) is 61.9 Å². The molecule has 2 heterocycles. The number of piperidine rings is 1. The van der Waals surface area contributed by atoms with Crippen molar-refractivity contribution in [3.63, 3.8) is 0 Å². The maximum Gasteiger partial charge on any atom is 0.260 e. The van der Waals surface area contributed by atoms with Gasteiger partial charge in [0.2, 0.25) is 0 Å². The van der Waals surface area contributed by atoms with Gasteiger partial charge in [0, 0.05) is 25.3 Å².